The molecule has 0 fully saturated rings. The van der Waals surface area contributed by atoms with E-state index in [0.717, 1.165) is 11.3 Å². The molecule has 0 aliphatic rings. The van der Waals surface area contributed by atoms with E-state index in [1.165, 1.54) is 11.1 Å². The van der Waals surface area contributed by atoms with E-state index < -0.39 is 0 Å². The molecule has 0 aliphatic heterocycles. The van der Waals surface area contributed by atoms with Crippen LogP contribution < -0.4 is 4.74 Å². The molecule has 2 heteroatoms. The van der Waals surface area contributed by atoms with Crippen LogP contribution in [0.3, 0.4) is 0 Å². The molecule has 1 aromatic carbocycles. The van der Waals surface area contributed by atoms with Gasteiger partial charge in [-0.15, -0.1) is 0 Å². The molecule has 0 amide bonds. The molecule has 72 valence electrons. The quantitative estimate of drug-likeness (QED) is 0.770. The van der Waals surface area contributed by atoms with E-state index in [1.54, 1.807) is 0 Å². The van der Waals surface area contributed by atoms with Gasteiger partial charge >= 0.3 is 0 Å². The molecule has 1 N–H and O–H groups in total. The number of aliphatic hydroxyl groups excluding tert-OH is 1. The van der Waals surface area contributed by atoms with Crippen LogP contribution in [0.2, 0.25) is 0 Å². The molecule has 0 aromatic heterocycles. The molecule has 0 radical (unpaired) electrons. The van der Waals surface area contributed by atoms with Crippen molar-refractivity contribution in [1.29, 1.82) is 0 Å². The minimum Gasteiger partial charge on any atom is -0.491 e. The first-order chi connectivity index (χ1) is 6.15. The predicted octanol–water partition coefficient (Wildman–Crippen LogP) is 1.98. The Balaban J connectivity index is 2.88. The Hall–Kier alpha value is -1.02. The average Bonchev–Trinajstić information content (AvgIpc) is 2.09. The van der Waals surface area contributed by atoms with Crippen LogP contribution >= 0.6 is 0 Å². The second-order valence-electron chi connectivity index (χ2n) is 3.27. The molecular weight excluding hydrogens is 164 g/mol. The summed E-state index contributed by atoms with van der Waals surface area (Å²) in [6, 6.07) is 4.11. The molecular formula is C11H16O2. The molecule has 0 bridgehead atoms. The van der Waals surface area contributed by atoms with Gasteiger partial charge in [0.25, 0.3) is 0 Å². The van der Waals surface area contributed by atoms with Crippen molar-refractivity contribution >= 4 is 0 Å². The lowest BCUT2D eigenvalue weighted by Gasteiger charge is -2.10. The first-order valence-electron chi connectivity index (χ1n) is 4.46. The maximum atomic E-state index is 8.62. The van der Waals surface area contributed by atoms with Gasteiger partial charge in [0.1, 0.15) is 12.4 Å². The largest absolute Gasteiger partial charge is 0.491 e. The van der Waals surface area contributed by atoms with E-state index in [1.807, 2.05) is 13.0 Å². The highest BCUT2D eigenvalue weighted by Crippen LogP contribution is 2.21. The lowest BCUT2D eigenvalue weighted by molar-refractivity contribution is 0.200. The van der Waals surface area contributed by atoms with E-state index in [2.05, 4.69) is 19.9 Å². The van der Waals surface area contributed by atoms with Crippen molar-refractivity contribution in [1.82, 2.24) is 0 Å². The summed E-state index contributed by atoms with van der Waals surface area (Å²) in [5, 5.41) is 8.62. The van der Waals surface area contributed by atoms with E-state index in [0.29, 0.717) is 6.61 Å². The van der Waals surface area contributed by atoms with Crippen molar-refractivity contribution in [2.45, 2.75) is 20.8 Å². The second-order valence-corrected chi connectivity index (χ2v) is 3.27. The second kappa shape index (κ2) is 4.28. The number of ether oxygens (including phenoxy) is 1. The topological polar surface area (TPSA) is 29.5 Å². The first-order valence-corrected chi connectivity index (χ1v) is 4.46. The number of aryl methyl sites for hydroxylation is 3. The van der Waals surface area contributed by atoms with Crippen molar-refractivity contribution in [3.05, 3.63) is 28.8 Å². The Morgan fingerprint density at radius 3 is 2.31 bits per heavy atom. The zero-order valence-electron chi connectivity index (χ0n) is 8.42. The maximum Gasteiger partial charge on any atom is 0.122 e. The van der Waals surface area contributed by atoms with Crippen molar-refractivity contribution in [3.63, 3.8) is 0 Å². The van der Waals surface area contributed by atoms with Gasteiger partial charge in [-0.25, -0.2) is 0 Å². The van der Waals surface area contributed by atoms with Crippen LogP contribution in [0.25, 0.3) is 0 Å². The third kappa shape index (κ3) is 2.46. The predicted molar refractivity (Wildman–Crippen MR) is 53.2 cm³/mol. The van der Waals surface area contributed by atoms with Gasteiger partial charge in [0.15, 0.2) is 0 Å². The number of hydrogen-bond acceptors (Lipinski definition) is 2. The van der Waals surface area contributed by atoms with Crippen molar-refractivity contribution in [3.8, 4) is 5.75 Å². The summed E-state index contributed by atoms with van der Waals surface area (Å²) in [7, 11) is 0. The van der Waals surface area contributed by atoms with Gasteiger partial charge in [0, 0.05) is 0 Å². The smallest absolute Gasteiger partial charge is 0.122 e. The van der Waals surface area contributed by atoms with Gasteiger partial charge in [0.2, 0.25) is 0 Å². The molecule has 0 heterocycles. The number of benzene rings is 1. The highest BCUT2D eigenvalue weighted by molar-refractivity contribution is 5.40. The van der Waals surface area contributed by atoms with E-state index >= 15 is 0 Å². The molecule has 0 saturated heterocycles. The number of aliphatic hydroxyl groups is 1. The van der Waals surface area contributed by atoms with E-state index in [-0.39, 0.29) is 6.61 Å². The van der Waals surface area contributed by atoms with Crippen LogP contribution in [0, 0.1) is 20.8 Å². The summed E-state index contributed by atoms with van der Waals surface area (Å²) in [6.07, 6.45) is 0. The van der Waals surface area contributed by atoms with Gasteiger partial charge < -0.3 is 9.84 Å². The Morgan fingerprint density at radius 2 is 1.69 bits per heavy atom. The normalized spacial score (nSPS) is 10.2. The van der Waals surface area contributed by atoms with Gasteiger partial charge in [-0.3, -0.25) is 0 Å². The number of hydrogen-bond donors (Lipinski definition) is 1. The zero-order chi connectivity index (χ0) is 9.84. The van der Waals surface area contributed by atoms with E-state index in [4.69, 9.17) is 9.84 Å². The fourth-order valence-corrected chi connectivity index (χ4v) is 1.25. The lowest BCUT2D eigenvalue weighted by atomic mass is 10.1. The SMILES string of the molecule is Cc1cc(C)c(OCCO)cc1C. The summed E-state index contributed by atoms with van der Waals surface area (Å²) in [6.45, 7) is 6.58. The highest BCUT2D eigenvalue weighted by Gasteiger charge is 2.01. The fourth-order valence-electron chi connectivity index (χ4n) is 1.25. The molecule has 0 atom stereocenters. The highest BCUT2D eigenvalue weighted by atomic mass is 16.5. The fraction of sp³-hybridized carbons (Fsp3) is 0.455. The molecule has 1 rings (SSSR count). The zero-order valence-corrected chi connectivity index (χ0v) is 8.42. The molecule has 13 heavy (non-hydrogen) atoms. The lowest BCUT2D eigenvalue weighted by Crippen LogP contribution is -2.03. The van der Waals surface area contributed by atoms with Crippen molar-refractivity contribution < 1.29 is 9.84 Å². The third-order valence-electron chi connectivity index (χ3n) is 2.14. The van der Waals surface area contributed by atoms with Crippen molar-refractivity contribution in [2.75, 3.05) is 13.2 Å². The first kappa shape index (κ1) is 10.1. The van der Waals surface area contributed by atoms with Gasteiger partial charge in [-0.1, -0.05) is 6.07 Å². The Bertz CT molecular complexity index is 292. The summed E-state index contributed by atoms with van der Waals surface area (Å²) in [5.74, 6) is 0.872. The number of rotatable bonds is 3. The van der Waals surface area contributed by atoms with Gasteiger partial charge in [0.05, 0.1) is 6.61 Å². The summed E-state index contributed by atoms with van der Waals surface area (Å²) in [4.78, 5) is 0. The molecule has 2 nitrogen and oxygen atoms in total. The maximum absolute atomic E-state index is 8.62. The summed E-state index contributed by atoms with van der Waals surface area (Å²) >= 11 is 0. The molecule has 0 unspecified atom stereocenters. The van der Waals surface area contributed by atoms with Crippen molar-refractivity contribution in [2.24, 2.45) is 0 Å². The van der Waals surface area contributed by atoms with Crippen LogP contribution in [0.5, 0.6) is 5.75 Å². The average molecular weight is 180 g/mol. The third-order valence-corrected chi connectivity index (χ3v) is 2.14. The molecule has 0 saturated carbocycles. The molecule has 0 aliphatic carbocycles. The summed E-state index contributed by atoms with van der Waals surface area (Å²) in [5.41, 5.74) is 3.61. The van der Waals surface area contributed by atoms with Gasteiger partial charge in [-0.2, -0.15) is 0 Å². The molecule has 0 spiro atoms. The van der Waals surface area contributed by atoms with Crippen LogP contribution in [-0.2, 0) is 0 Å². The molecule has 1 aromatic rings. The minimum atomic E-state index is 0.0619. The van der Waals surface area contributed by atoms with Crippen LogP contribution in [0.1, 0.15) is 16.7 Å². The van der Waals surface area contributed by atoms with E-state index in [9.17, 15) is 0 Å². The Labute approximate surface area is 79.2 Å². The minimum absolute atomic E-state index is 0.0619. The summed E-state index contributed by atoms with van der Waals surface area (Å²) < 4.78 is 5.37. The monoisotopic (exact) mass is 180 g/mol. The Kier molecular flexibility index (Phi) is 3.32. The van der Waals surface area contributed by atoms with Crippen LogP contribution in [0.4, 0.5) is 0 Å². The standard InChI is InChI=1S/C11H16O2/c1-8-6-10(3)11(7-9(8)2)13-5-4-12/h6-7,12H,4-5H2,1-3H3. The van der Waals surface area contributed by atoms with Crippen LogP contribution in [-0.4, -0.2) is 18.3 Å². The van der Waals surface area contributed by atoms with Gasteiger partial charge in [-0.05, 0) is 43.5 Å². The van der Waals surface area contributed by atoms with Crippen LogP contribution in [0.15, 0.2) is 12.1 Å². The Morgan fingerprint density at radius 1 is 1.08 bits per heavy atom.